The molecule has 2 heterocycles. The molecule has 0 radical (unpaired) electrons. The molecule has 5 heteroatoms. The molecule has 1 aromatic heterocycles. The maximum atomic E-state index is 12.2. The van der Waals surface area contributed by atoms with E-state index in [4.69, 9.17) is 9.47 Å². The number of nitrogens with zero attached hydrogens (tertiary/aromatic N) is 1. The highest BCUT2D eigenvalue weighted by Crippen LogP contribution is 2.37. The first kappa shape index (κ1) is 14.9. The Kier molecular flexibility index (Phi) is 4.09. The number of carbonyl (C=O) groups is 1. The van der Waals surface area contributed by atoms with Gasteiger partial charge in [0.25, 0.3) is 0 Å². The normalized spacial score (nSPS) is 15.1. The zero-order valence-corrected chi connectivity index (χ0v) is 13.3. The summed E-state index contributed by atoms with van der Waals surface area (Å²) in [7, 11) is 0. The van der Waals surface area contributed by atoms with Crippen LogP contribution in [0.3, 0.4) is 0 Å². The zero-order chi connectivity index (χ0) is 14.9. The molecule has 0 spiro atoms. The third-order valence-electron chi connectivity index (χ3n) is 2.87. The van der Waals surface area contributed by atoms with Gasteiger partial charge in [-0.25, -0.2) is 4.79 Å². The lowest BCUT2D eigenvalue weighted by Gasteiger charge is -2.25. The molecule has 2 rings (SSSR count). The Hall–Kier alpha value is -1.49. The predicted octanol–water partition coefficient (Wildman–Crippen LogP) is 3.91. The molecule has 0 unspecified atom stereocenters. The molecule has 0 aliphatic carbocycles. The van der Waals surface area contributed by atoms with Gasteiger partial charge in [0.1, 0.15) is 18.0 Å². The quantitative estimate of drug-likeness (QED) is 0.788. The molecule has 0 atom stereocenters. The van der Waals surface area contributed by atoms with Crippen LogP contribution in [0.25, 0.3) is 5.57 Å². The molecule has 1 aliphatic rings. The van der Waals surface area contributed by atoms with Crippen LogP contribution in [0.1, 0.15) is 38.1 Å². The van der Waals surface area contributed by atoms with Crippen LogP contribution in [-0.2, 0) is 11.3 Å². The molecule has 0 N–H and O–H groups in total. The van der Waals surface area contributed by atoms with Crippen molar-refractivity contribution in [1.82, 2.24) is 4.90 Å². The summed E-state index contributed by atoms with van der Waals surface area (Å²) in [4.78, 5) is 14.9. The van der Waals surface area contributed by atoms with E-state index < -0.39 is 5.60 Å². The van der Waals surface area contributed by atoms with E-state index in [1.165, 1.54) is 0 Å². The van der Waals surface area contributed by atoms with Gasteiger partial charge < -0.3 is 9.47 Å². The van der Waals surface area contributed by atoms with Gasteiger partial charge >= 0.3 is 6.09 Å². The summed E-state index contributed by atoms with van der Waals surface area (Å²) in [5, 5.41) is 2.03. The smallest absolute Gasteiger partial charge is 0.410 e. The molecular formula is C15H21NO3S. The Bertz CT molecular complexity index is 528. The minimum Gasteiger partial charge on any atom is -0.490 e. The van der Waals surface area contributed by atoms with Crippen LogP contribution in [0.2, 0.25) is 0 Å². The number of hydrogen-bond donors (Lipinski definition) is 0. The maximum Gasteiger partial charge on any atom is 0.410 e. The van der Waals surface area contributed by atoms with Crippen LogP contribution < -0.4 is 4.74 Å². The molecule has 1 aromatic rings. The van der Waals surface area contributed by atoms with Gasteiger partial charge in [-0.15, -0.1) is 11.3 Å². The summed E-state index contributed by atoms with van der Waals surface area (Å²) in [6.45, 7) is 13.1. The fourth-order valence-electron chi connectivity index (χ4n) is 1.94. The molecule has 0 fully saturated rings. The Morgan fingerprint density at radius 2 is 2.20 bits per heavy atom. The second-order valence-corrected chi connectivity index (χ2v) is 6.90. The maximum absolute atomic E-state index is 12.2. The lowest BCUT2D eigenvalue weighted by atomic mass is 10.1. The van der Waals surface area contributed by atoms with Gasteiger partial charge in [0.2, 0.25) is 0 Å². The summed E-state index contributed by atoms with van der Waals surface area (Å²) < 4.78 is 11.2. The molecule has 110 valence electrons. The minimum atomic E-state index is -0.481. The van der Waals surface area contributed by atoms with Crippen molar-refractivity contribution in [2.24, 2.45) is 0 Å². The van der Waals surface area contributed by atoms with E-state index in [-0.39, 0.29) is 6.09 Å². The molecule has 1 amide bonds. The van der Waals surface area contributed by atoms with Crippen LogP contribution in [0.5, 0.6) is 5.75 Å². The van der Waals surface area contributed by atoms with E-state index in [1.807, 2.05) is 33.1 Å². The van der Waals surface area contributed by atoms with E-state index in [0.29, 0.717) is 19.7 Å². The topological polar surface area (TPSA) is 38.8 Å². The van der Waals surface area contributed by atoms with Crippen LogP contribution in [0.4, 0.5) is 4.79 Å². The number of allylic oxidation sites excluding steroid dienone is 1. The summed E-state index contributed by atoms with van der Waals surface area (Å²) in [5.41, 5.74) is 1.54. The first-order valence-electron chi connectivity index (χ1n) is 6.65. The summed E-state index contributed by atoms with van der Waals surface area (Å²) >= 11 is 1.60. The number of rotatable bonds is 1. The van der Waals surface area contributed by atoms with Gasteiger partial charge in [0.05, 0.1) is 18.0 Å². The van der Waals surface area contributed by atoms with Gasteiger partial charge in [-0.3, -0.25) is 4.90 Å². The summed E-state index contributed by atoms with van der Waals surface area (Å²) in [5.74, 6) is 0.869. The van der Waals surface area contributed by atoms with E-state index >= 15 is 0 Å². The summed E-state index contributed by atoms with van der Waals surface area (Å²) in [6.07, 6.45) is -0.292. The van der Waals surface area contributed by atoms with Crippen molar-refractivity contribution in [3.05, 3.63) is 22.4 Å². The zero-order valence-electron chi connectivity index (χ0n) is 12.5. The molecule has 0 aromatic carbocycles. The van der Waals surface area contributed by atoms with E-state index in [2.05, 4.69) is 6.58 Å². The van der Waals surface area contributed by atoms with Crippen molar-refractivity contribution in [2.45, 2.75) is 39.8 Å². The lowest BCUT2D eigenvalue weighted by Crippen LogP contribution is -2.37. The third-order valence-corrected chi connectivity index (χ3v) is 3.82. The first-order chi connectivity index (χ1) is 9.28. The van der Waals surface area contributed by atoms with Gasteiger partial charge in [-0.05, 0) is 33.3 Å². The highest BCUT2D eigenvalue weighted by molar-refractivity contribution is 7.10. The van der Waals surface area contributed by atoms with Gasteiger partial charge in [-0.1, -0.05) is 6.58 Å². The molecule has 0 saturated heterocycles. The Balaban J connectivity index is 2.17. The van der Waals surface area contributed by atoms with Gasteiger partial charge in [0, 0.05) is 10.9 Å². The number of ether oxygens (including phenoxy) is 2. The van der Waals surface area contributed by atoms with Crippen molar-refractivity contribution in [2.75, 3.05) is 13.2 Å². The largest absolute Gasteiger partial charge is 0.490 e. The molecule has 0 saturated carbocycles. The standard InChI is InChI=1S/C15H21NO3S/c1-10(2)11-9-20-12-8-16(6-7-18-13(11)12)14(17)19-15(3,4)5/h9H,1,6-8H2,2-5H3. The van der Waals surface area contributed by atoms with E-state index in [0.717, 1.165) is 21.8 Å². The molecule has 4 nitrogen and oxygen atoms in total. The van der Waals surface area contributed by atoms with Crippen molar-refractivity contribution in [3.63, 3.8) is 0 Å². The van der Waals surface area contributed by atoms with Crippen LogP contribution in [0, 0.1) is 0 Å². The van der Waals surface area contributed by atoms with Crippen molar-refractivity contribution >= 4 is 23.0 Å². The average molecular weight is 295 g/mol. The van der Waals surface area contributed by atoms with Crippen LogP contribution >= 0.6 is 11.3 Å². The second-order valence-electron chi connectivity index (χ2n) is 5.93. The van der Waals surface area contributed by atoms with Crippen molar-refractivity contribution in [3.8, 4) is 5.75 Å². The molecular weight excluding hydrogens is 274 g/mol. The number of thiophene rings is 1. The van der Waals surface area contributed by atoms with Gasteiger partial charge in [0.15, 0.2) is 0 Å². The van der Waals surface area contributed by atoms with Crippen molar-refractivity contribution in [1.29, 1.82) is 0 Å². The van der Waals surface area contributed by atoms with E-state index in [1.54, 1.807) is 16.2 Å². The first-order valence-corrected chi connectivity index (χ1v) is 7.53. The fourth-order valence-corrected chi connectivity index (χ4v) is 3.02. The Labute approximate surface area is 124 Å². The van der Waals surface area contributed by atoms with E-state index in [9.17, 15) is 4.79 Å². The molecule has 1 aliphatic heterocycles. The predicted molar refractivity (Wildman–Crippen MR) is 81.2 cm³/mol. The summed E-state index contributed by atoms with van der Waals surface area (Å²) in [6, 6.07) is 0. The monoisotopic (exact) mass is 295 g/mol. The SMILES string of the molecule is C=C(C)c1csc2c1OCCN(C(=O)OC(C)(C)C)C2. The fraction of sp³-hybridized carbons (Fsp3) is 0.533. The van der Waals surface area contributed by atoms with Gasteiger partial charge in [-0.2, -0.15) is 0 Å². The second kappa shape index (κ2) is 5.48. The van der Waals surface area contributed by atoms with Crippen LogP contribution in [-0.4, -0.2) is 29.7 Å². The highest BCUT2D eigenvalue weighted by Gasteiger charge is 2.27. The number of amides is 1. The Morgan fingerprint density at radius 1 is 1.50 bits per heavy atom. The average Bonchev–Trinajstić information content (AvgIpc) is 2.57. The minimum absolute atomic E-state index is 0.292. The number of carbonyl (C=O) groups excluding carboxylic acids is 1. The lowest BCUT2D eigenvalue weighted by molar-refractivity contribution is 0.0227. The molecule has 0 bridgehead atoms. The van der Waals surface area contributed by atoms with Crippen molar-refractivity contribution < 1.29 is 14.3 Å². The number of fused-ring (bicyclic) bond motifs is 1. The highest BCUT2D eigenvalue weighted by atomic mass is 32.1. The molecule has 20 heavy (non-hydrogen) atoms. The Morgan fingerprint density at radius 3 is 2.80 bits per heavy atom. The third kappa shape index (κ3) is 3.33. The van der Waals surface area contributed by atoms with Crippen LogP contribution in [0.15, 0.2) is 12.0 Å². The number of hydrogen-bond acceptors (Lipinski definition) is 4.